The summed E-state index contributed by atoms with van der Waals surface area (Å²) in [4.78, 5) is 43.2. The SMILES string of the molecule is CN(C(=O)CN1C(=O)N[C@H](Cc2c[nH]c3ccccc23)C1=O)c1ccccc1. The summed E-state index contributed by atoms with van der Waals surface area (Å²) in [7, 11) is 1.62. The number of hydrogen-bond acceptors (Lipinski definition) is 3. The number of likely N-dealkylation sites (N-methyl/N-ethyl adjacent to an activating group) is 1. The van der Waals surface area contributed by atoms with Gasteiger partial charge < -0.3 is 15.2 Å². The smallest absolute Gasteiger partial charge is 0.325 e. The van der Waals surface area contributed by atoms with E-state index in [1.807, 2.05) is 48.7 Å². The molecule has 7 heteroatoms. The molecule has 2 N–H and O–H groups in total. The van der Waals surface area contributed by atoms with Gasteiger partial charge in [-0.1, -0.05) is 36.4 Å². The molecule has 4 rings (SSSR count). The summed E-state index contributed by atoms with van der Waals surface area (Å²) in [5.41, 5.74) is 2.63. The van der Waals surface area contributed by atoms with Crippen LogP contribution in [0, 0.1) is 0 Å². The summed E-state index contributed by atoms with van der Waals surface area (Å²) >= 11 is 0. The van der Waals surface area contributed by atoms with Gasteiger partial charge in [0.25, 0.3) is 5.91 Å². The van der Waals surface area contributed by atoms with Crippen molar-refractivity contribution in [1.29, 1.82) is 0 Å². The summed E-state index contributed by atoms with van der Waals surface area (Å²) in [6.07, 6.45) is 2.22. The van der Waals surface area contributed by atoms with E-state index in [-0.39, 0.29) is 18.4 Å². The molecule has 1 fully saturated rings. The van der Waals surface area contributed by atoms with Crippen molar-refractivity contribution in [3.8, 4) is 0 Å². The number of hydrogen-bond donors (Lipinski definition) is 2. The monoisotopic (exact) mass is 376 g/mol. The van der Waals surface area contributed by atoms with Crippen LogP contribution in [0.3, 0.4) is 0 Å². The molecule has 142 valence electrons. The topological polar surface area (TPSA) is 85.5 Å². The molecule has 1 aliphatic heterocycles. The minimum atomic E-state index is -0.679. The van der Waals surface area contributed by atoms with Crippen LogP contribution < -0.4 is 10.2 Å². The Bertz CT molecular complexity index is 1040. The lowest BCUT2D eigenvalue weighted by molar-refractivity contribution is -0.131. The predicted molar refractivity (Wildman–Crippen MR) is 106 cm³/mol. The van der Waals surface area contributed by atoms with Gasteiger partial charge in [0.1, 0.15) is 12.6 Å². The fourth-order valence-electron chi connectivity index (χ4n) is 3.42. The van der Waals surface area contributed by atoms with E-state index >= 15 is 0 Å². The lowest BCUT2D eigenvalue weighted by Gasteiger charge is -2.20. The van der Waals surface area contributed by atoms with E-state index in [9.17, 15) is 14.4 Å². The minimum absolute atomic E-state index is 0.291. The Morgan fingerprint density at radius 1 is 1.07 bits per heavy atom. The standard InChI is InChI=1S/C21H20N4O3/c1-24(15-7-3-2-4-8-15)19(26)13-25-20(27)18(23-21(25)28)11-14-12-22-17-10-6-5-9-16(14)17/h2-10,12,18,22H,11,13H2,1H3,(H,23,28)/t18-/m1/s1. The van der Waals surface area contributed by atoms with E-state index in [1.54, 1.807) is 19.2 Å². The van der Waals surface area contributed by atoms with Crippen LogP contribution in [0.25, 0.3) is 10.9 Å². The van der Waals surface area contributed by atoms with Crippen molar-refractivity contribution in [2.45, 2.75) is 12.5 Å². The maximum atomic E-state index is 12.7. The van der Waals surface area contributed by atoms with Crippen LogP contribution in [-0.2, 0) is 16.0 Å². The Balaban J connectivity index is 1.46. The van der Waals surface area contributed by atoms with Gasteiger partial charge in [0.05, 0.1) is 0 Å². The Morgan fingerprint density at radius 2 is 1.79 bits per heavy atom. The number of fused-ring (bicyclic) bond motifs is 1. The van der Waals surface area contributed by atoms with Crippen molar-refractivity contribution in [2.24, 2.45) is 0 Å². The summed E-state index contributed by atoms with van der Waals surface area (Å²) in [6.45, 7) is -0.291. The molecule has 0 bridgehead atoms. The normalized spacial score (nSPS) is 16.5. The average molecular weight is 376 g/mol. The summed E-state index contributed by atoms with van der Waals surface area (Å²) < 4.78 is 0. The van der Waals surface area contributed by atoms with Gasteiger partial charge in [0.15, 0.2) is 0 Å². The average Bonchev–Trinajstić information content (AvgIpc) is 3.24. The lowest BCUT2D eigenvalue weighted by Crippen LogP contribution is -2.42. The molecular formula is C21H20N4O3. The zero-order chi connectivity index (χ0) is 19.7. The number of urea groups is 1. The first kappa shape index (κ1) is 17.8. The molecule has 2 heterocycles. The zero-order valence-electron chi connectivity index (χ0n) is 15.4. The first-order valence-electron chi connectivity index (χ1n) is 9.03. The van der Waals surface area contributed by atoms with E-state index in [4.69, 9.17) is 0 Å². The highest BCUT2D eigenvalue weighted by atomic mass is 16.2. The van der Waals surface area contributed by atoms with Gasteiger partial charge in [-0.15, -0.1) is 0 Å². The van der Waals surface area contributed by atoms with Crippen molar-refractivity contribution in [3.05, 3.63) is 66.4 Å². The van der Waals surface area contributed by atoms with E-state index < -0.39 is 12.1 Å². The second-order valence-corrected chi connectivity index (χ2v) is 6.78. The highest BCUT2D eigenvalue weighted by molar-refractivity contribution is 6.08. The molecule has 1 atom stereocenters. The fraction of sp³-hybridized carbons (Fsp3) is 0.190. The number of imide groups is 1. The van der Waals surface area contributed by atoms with Gasteiger partial charge in [-0.05, 0) is 23.8 Å². The Kier molecular flexibility index (Phi) is 4.57. The van der Waals surface area contributed by atoms with E-state index in [0.717, 1.165) is 21.4 Å². The molecule has 28 heavy (non-hydrogen) atoms. The van der Waals surface area contributed by atoms with Crippen LogP contribution in [0.2, 0.25) is 0 Å². The number of carbonyl (C=O) groups is 3. The van der Waals surface area contributed by atoms with E-state index in [0.29, 0.717) is 12.1 Å². The summed E-state index contributed by atoms with van der Waals surface area (Å²) in [5.74, 6) is -0.715. The third kappa shape index (κ3) is 3.22. The van der Waals surface area contributed by atoms with E-state index in [1.165, 1.54) is 4.90 Å². The second kappa shape index (κ2) is 7.19. The number of para-hydroxylation sites is 2. The van der Waals surface area contributed by atoms with Crippen LogP contribution >= 0.6 is 0 Å². The first-order valence-corrected chi connectivity index (χ1v) is 9.03. The molecule has 4 amide bonds. The zero-order valence-corrected chi connectivity index (χ0v) is 15.4. The molecule has 0 spiro atoms. The van der Waals surface area contributed by atoms with Crippen LogP contribution in [0.4, 0.5) is 10.5 Å². The third-order valence-corrected chi connectivity index (χ3v) is 5.02. The van der Waals surface area contributed by atoms with Gasteiger partial charge >= 0.3 is 6.03 Å². The Morgan fingerprint density at radius 3 is 2.57 bits per heavy atom. The predicted octanol–water partition coefficient (Wildman–Crippen LogP) is 2.29. The third-order valence-electron chi connectivity index (χ3n) is 5.02. The minimum Gasteiger partial charge on any atom is -0.361 e. The van der Waals surface area contributed by atoms with Gasteiger partial charge in [0, 0.05) is 36.3 Å². The largest absolute Gasteiger partial charge is 0.361 e. The van der Waals surface area contributed by atoms with Crippen LogP contribution in [0.15, 0.2) is 60.8 Å². The quantitative estimate of drug-likeness (QED) is 0.670. The number of H-pyrrole nitrogens is 1. The molecule has 0 unspecified atom stereocenters. The molecule has 7 nitrogen and oxygen atoms in total. The van der Waals surface area contributed by atoms with Crippen LogP contribution in [0.5, 0.6) is 0 Å². The summed E-state index contributed by atoms with van der Waals surface area (Å²) in [6, 6.07) is 15.7. The van der Waals surface area contributed by atoms with Gasteiger partial charge in [-0.25, -0.2) is 4.79 Å². The van der Waals surface area contributed by atoms with Crippen molar-refractivity contribution in [2.75, 3.05) is 18.5 Å². The lowest BCUT2D eigenvalue weighted by atomic mass is 10.1. The molecule has 1 aliphatic rings. The Labute approximate surface area is 161 Å². The summed E-state index contributed by atoms with van der Waals surface area (Å²) in [5, 5.41) is 3.71. The highest BCUT2D eigenvalue weighted by Gasteiger charge is 2.39. The van der Waals surface area contributed by atoms with Crippen LogP contribution in [-0.4, -0.2) is 47.4 Å². The fourth-order valence-corrected chi connectivity index (χ4v) is 3.42. The number of carbonyl (C=O) groups excluding carboxylic acids is 3. The molecule has 0 saturated carbocycles. The van der Waals surface area contributed by atoms with Gasteiger partial charge in [-0.3, -0.25) is 14.5 Å². The van der Waals surface area contributed by atoms with Crippen molar-refractivity contribution < 1.29 is 14.4 Å². The molecule has 2 aromatic carbocycles. The maximum absolute atomic E-state index is 12.7. The van der Waals surface area contributed by atoms with Gasteiger partial charge in [-0.2, -0.15) is 0 Å². The second-order valence-electron chi connectivity index (χ2n) is 6.78. The van der Waals surface area contributed by atoms with E-state index in [2.05, 4.69) is 10.3 Å². The molecule has 1 saturated heterocycles. The maximum Gasteiger partial charge on any atom is 0.325 e. The van der Waals surface area contributed by atoms with Gasteiger partial charge in [0.2, 0.25) is 5.91 Å². The molecule has 0 radical (unpaired) electrons. The number of aromatic amines is 1. The van der Waals surface area contributed by atoms with Crippen molar-refractivity contribution in [3.63, 3.8) is 0 Å². The highest BCUT2D eigenvalue weighted by Crippen LogP contribution is 2.21. The number of aromatic nitrogens is 1. The Hall–Kier alpha value is -3.61. The molecular weight excluding hydrogens is 356 g/mol. The number of amides is 4. The number of nitrogens with one attached hydrogen (secondary N) is 2. The van der Waals surface area contributed by atoms with Crippen molar-refractivity contribution >= 4 is 34.4 Å². The first-order chi connectivity index (χ1) is 13.5. The number of nitrogens with zero attached hydrogens (tertiary/aromatic N) is 2. The van der Waals surface area contributed by atoms with Crippen molar-refractivity contribution in [1.82, 2.24) is 15.2 Å². The molecule has 1 aromatic heterocycles. The molecule has 0 aliphatic carbocycles. The molecule has 3 aromatic rings. The number of anilines is 1. The number of rotatable bonds is 5. The van der Waals surface area contributed by atoms with Crippen LogP contribution in [0.1, 0.15) is 5.56 Å². The number of benzene rings is 2.